The first-order chi connectivity index (χ1) is 14.4. The molecule has 5 nitrogen and oxygen atoms in total. The van der Waals surface area contributed by atoms with Gasteiger partial charge in [0.1, 0.15) is 16.8 Å². The molecule has 1 aliphatic heterocycles. The topological polar surface area (TPSA) is 76.0 Å². The highest BCUT2D eigenvalue weighted by Gasteiger charge is 2.18. The van der Waals surface area contributed by atoms with Crippen LogP contribution in [-0.2, 0) is 4.74 Å². The van der Waals surface area contributed by atoms with E-state index in [9.17, 15) is 0 Å². The molecule has 0 bridgehead atoms. The maximum Gasteiger partial charge on any atom is 0.526 e. The van der Waals surface area contributed by atoms with Gasteiger partial charge in [-0.15, -0.1) is 0 Å². The van der Waals surface area contributed by atoms with Gasteiger partial charge in [-0.3, -0.25) is 0 Å². The molecule has 2 N–H and O–H groups in total. The summed E-state index contributed by atoms with van der Waals surface area (Å²) in [5, 5.41) is 20.1. The molecule has 3 heterocycles. The minimum absolute atomic E-state index is 0.192. The van der Waals surface area contributed by atoms with Crippen LogP contribution in [0.5, 0.6) is 0 Å². The van der Waals surface area contributed by atoms with Crippen molar-refractivity contribution in [1.82, 2.24) is 0 Å². The van der Waals surface area contributed by atoms with E-state index < -0.39 is 7.12 Å². The molecule has 0 atom stereocenters. The molecule has 2 aromatic heterocycles. The summed E-state index contributed by atoms with van der Waals surface area (Å²) in [6, 6.07) is 11.8. The smallest absolute Gasteiger partial charge is 0.464 e. The van der Waals surface area contributed by atoms with Gasteiger partial charge in [-0.25, -0.2) is 0 Å². The van der Waals surface area contributed by atoms with Crippen molar-refractivity contribution < 1.29 is 23.6 Å². The molecule has 0 spiro atoms. The fourth-order valence-corrected chi connectivity index (χ4v) is 3.39. The zero-order valence-electron chi connectivity index (χ0n) is 18.1. The number of fused-ring (bicyclic) bond motifs is 2. The molecule has 0 radical (unpaired) electrons. The van der Waals surface area contributed by atoms with Crippen molar-refractivity contribution in [3.8, 4) is 0 Å². The van der Waals surface area contributed by atoms with E-state index in [1.165, 1.54) is 29.4 Å². The molecule has 4 aromatic rings. The van der Waals surface area contributed by atoms with Crippen LogP contribution in [-0.4, -0.2) is 30.4 Å². The lowest BCUT2D eigenvalue weighted by Crippen LogP contribution is -2.27. The summed E-state index contributed by atoms with van der Waals surface area (Å²) in [6.07, 6.45) is 4.30. The number of hydrogen-bond acceptors (Lipinski definition) is 5. The van der Waals surface area contributed by atoms with Gasteiger partial charge in [-0.2, -0.15) is 0 Å². The average molecular weight is 408 g/mol. The first kappa shape index (κ1) is 22.2. The maximum atomic E-state index is 8.97. The Hall–Kier alpha value is -2.54. The van der Waals surface area contributed by atoms with Crippen molar-refractivity contribution >= 4 is 34.7 Å². The predicted molar refractivity (Wildman–Crippen MR) is 121 cm³/mol. The van der Waals surface area contributed by atoms with Gasteiger partial charge in [0.25, 0.3) is 0 Å². The van der Waals surface area contributed by atoms with Crippen LogP contribution in [0.15, 0.2) is 51.5 Å². The van der Waals surface area contributed by atoms with E-state index in [0.717, 1.165) is 40.9 Å². The highest BCUT2D eigenvalue weighted by molar-refractivity contribution is 6.57. The third-order valence-corrected chi connectivity index (χ3v) is 5.23. The fourth-order valence-electron chi connectivity index (χ4n) is 3.39. The van der Waals surface area contributed by atoms with Gasteiger partial charge < -0.3 is 23.6 Å². The standard InChI is InChI=1S/C10H11BO3.C10H10O.C4H8O/c1-6-3-4-7(2)10-8(6)5-9(14-10)11(12)13;1-7-3-4-8(2)10-9(7)5-6-11-10;1-2-4-5-3-1/h3-5,12-13H,1-2H3;3-6H,1-2H3;1-4H2. The highest BCUT2D eigenvalue weighted by atomic mass is 16.5. The van der Waals surface area contributed by atoms with Crippen LogP contribution in [0.25, 0.3) is 21.9 Å². The molecule has 0 aliphatic carbocycles. The summed E-state index contributed by atoms with van der Waals surface area (Å²) in [6.45, 7) is 10.0. The lowest BCUT2D eigenvalue weighted by Gasteiger charge is -1.96. The van der Waals surface area contributed by atoms with E-state index in [2.05, 4.69) is 26.0 Å². The Labute approximate surface area is 177 Å². The molecule has 2 aromatic carbocycles. The summed E-state index contributed by atoms with van der Waals surface area (Å²) < 4.78 is 15.6. The van der Waals surface area contributed by atoms with Gasteiger partial charge in [0.2, 0.25) is 0 Å². The number of hydrogen-bond donors (Lipinski definition) is 2. The average Bonchev–Trinajstić information content (AvgIpc) is 3.50. The van der Waals surface area contributed by atoms with E-state index in [4.69, 9.17) is 23.6 Å². The number of aryl methyl sites for hydroxylation is 4. The second kappa shape index (κ2) is 9.98. The van der Waals surface area contributed by atoms with E-state index in [1.54, 1.807) is 12.3 Å². The van der Waals surface area contributed by atoms with Gasteiger partial charge in [0.15, 0.2) is 0 Å². The molecular weight excluding hydrogens is 379 g/mol. The van der Waals surface area contributed by atoms with Crippen LogP contribution in [0.3, 0.4) is 0 Å². The van der Waals surface area contributed by atoms with Gasteiger partial charge in [-0.1, -0.05) is 24.3 Å². The Kier molecular flexibility index (Phi) is 7.37. The Morgan fingerprint density at radius 2 is 1.30 bits per heavy atom. The van der Waals surface area contributed by atoms with E-state index in [-0.39, 0.29) is 5.66 Å². The van der Waals surface area contributed by atoms with Crippen molar-refractivity contribution in [2.24, 2.45) is 0 Å². The van der Waals surface area contributed by atoms with Crippen molar-refractivity contribution in [2.75, 3.05) is 13.2 Å². The summed E-state index contributed by atoms with van der Waals surface area (Å²) in [5.74, 6) is 0. The lowest BCUT2D eigenvalue weighted by molar-refractivity contribution is 0.198. The zero-order chi connectivity index (χ0) is 21.7. The molecule has 0 amide bonds. The molecule has 1 aliphatic rings. The van der Waals surface area contributed by atoms with Crippen molar-refractivity contribution in [3.63, 3.8) is 0 Å². The molecule has 0 saturated carbocycles. The van der Waals surface area contributed by atoms with Crippen LogP contribution >= 0.6 is 0 Å². The van der Waals surface area contributed by atoms with E-state index in [0.29, 0.717) is 0 Å². The van der Waals surface area contributed by atoms with Gasteiger partial charge in [-0.05, 0) is 74.9 Å². The molecule has 30 heavy (non-hydrogen) atoms. The normalized spacial score (nSPS) is 13.0. The number of furan rings is 2. The third-order valence-electron chi connectivity index (χ3n) is 5.23. The van der Waals surface area contributed by atoms with Crippen LogP contribution in [0.2, 0.25) is 0 Å². The quantitative estimate of drug-likeness (QED) is 0.451. The molecule has 0 unspecified atom stereocenters. The third kappa shape index (κ3) is 5.14. The monoisotopic (exact) mass is 408 g/mol. The molecule has 1 fully saturated rings. The Balaban J connectivity index is 0.000000142. The fraction of sp³-hybridized carbons (Fsp3) is 0.333. The summed E-state index contributed by atoms with van der Waals surface area (Å²) in [4.78, 5) is 0. The molecule has 158 valence electrons. The molecule has 6 heteroatoms. The summed E-state index contributed by atoms with van der Waals surface area (Å²) in [7, 11) is -1.54. The van der Waals surface area contributed by atoms with Gasteiger partial charge in [0.05, 0.1) is 6.26 Å². The predicted octanol–water partition coefficient (Wildman–Crippen LogP) is 4.58. The number of benzene rings is 2. The highest BCUT2D eigenvalue weighted by Crippen LogP contribution is 2.23. The molecular formula is C24H29BO5. The SMILES string of the molecule is C1CCOC1.Cc1ccc(C)c2oc(B(O)O)cc12.Cc1ccc(C)c2occc12. The second-order valence-electron chi connectivity index (χ2n) is 7.65. The lowest BCUT2D eigenvalue weighted by atomic mass is 9.87. The van der Waals surface area contributed by atoms with Crippen molar-refractivity contribution in [1.29, 1.82) is 0 Å². The minimum Gasteiger partial charge on any atom is -0.464 e. The number of ether oxygens (including phenoxy) is 1. The largest absolute Gasteiger partial charge is 0.526 e. The van der Waals surface area contributed by atoms with Crippen LogP contribution in [0.4, 0.5) is 0 Å². The first-order valence-corrected chi connectivity index (χ1v) is 10.3. The Morgan fingerprint density at radius 3 is 1.80 bits per heavy atom. The van der Waals surface area contributed by atoms with Crippen LogP contribution in [0, 0.1) is 27.7 Å². The van der Waals surface area contributed by atoms with E-state index >= 15 is 0 Å². The summed E-state index contributed by atoms with van der Waals surface area (Å²) >= 11 is 0. The zero-order valence-corrected chi connectivity index (χ0v) is 18.1. The van der Waals surface area contributed by atoms with Crippen LogP contribution in [0.1, 0.15) is 35.1 Å². The van der Waals surface area contributed by atoms with E-state index in [1.807, 2.05) is 32.0 Å². The minimum atomic E-state index is -1.54. The number of rotatable bonds is 1. The van der Waals surface area contributed by atoms with Crippen molar-refractivity contribution in [2.45, 2.75) is 40.5 Å². The molecule has 1 saturated heterocycles. The Bertz CT molecular complexity index is 1020. The summed E-state index contributed by atoms with van der Waals surface area (Å²) in [5.41, 5.74) is 6.49. The van der Waals surface area contributed by atoms with Gasteiger partial charge >= 0.3 is 7.12 Å². The molecule has 5 rings (SSSR count). The first-order valence-electron chi connectivity index (χ1n) is 10.3. The van der Waals surface area contributed by atoms with Crippen molar-refractivity contribution in [3.05, 3.63) is 64.9 Å². The van der Waals surface area contributed by atoms with Gasteiger partial charge in [0, 0.05) is 24.0 Å². The second-order valence-corrected chi connectivity index (χ2v) is 7.65. The van der Waals surface area contributed by atoms with Crippen LogP contribution < -0.4 is 5.66 Å². The maximum absolute atomic E-state index is 8.97. The Morgan fingerprint density at radius 1 is 0.733 bits per heavy atom.